The lowest BCUT2D eigenvalue weighted by molar-refractivity contribution is 0.173. The molecule has 116 valence electrons. The van der Waals surface area contributed by atoms with Crippen molar-refractivity contribution in [2.45, 2.75) is 25.3 Å². The van der Waals surface area contributed by atoms with Gasteiger partial charge >= 0.3 is 6.03 Å². The Morgan fingerprint density at radius 1 is 1.29 bits per heavy atom. The summed E-state index contributed by atoms with van der Waals surface area (Å²) in [5.41, 5.74) is 0. The number of hydrogen-bond donors (Lipinski definition) is 1. The van der Waals surface area contributed by atoms with Crippen molar-refractivity contribution in [2.24, 2.45) is 0 Å². The number of rotatable bonds is 3. The van der Waals surface area contributed by atoms with Crippen molar-refractivity contribution >= 4 is 34.1 Å². The largest absolute Gasteiger partial charge is 0.322 e. The van der Waals surface area contributed by atoms with Crippen molar-refractivity contribution in [1.82, 2.24) is 9.80 Å². The van der Waals surface area contributed by atoms with Crippen LogP contribution in [0.5, 0.6) is 0 Å². The molecule has 6 heteroatoms. The van der Waals surface area contributed by atoms with Crippen LogP contribution >= 0.6 is 23.1 Å². The van der Waals surface area contributed by atoms with Crippen LogP contribution in [0.15, 0.2) is 17.5 Å². The Morgan fingerprint density at radius 3 is 2.90 bits per heavy atom. The second-order valence-electron chi connectivity index (χ2n) is 5.69. The molecule has 0 spiro atoms. The molecular weight excluding hydrogens is 302 g/mol. The van der Waals surface area contributed by atoms with Crippen LogP contribution in [0.2, 0.25) is 0 Å². The molecule has 4 nitrogen and oxygen atoms in total. The average Bonchev–Trinajstić information content (AvgIpc) is 3.11. The quantitative estimate of drug-likeness (QED) is 0.927. The smallest absolute Gasteiger partial charge is 0.319 e. The number of carbonyl (C=O) groups excluding carboxylic acids is 1. The van der Waals surface area contributed by atoms with Gasteiger partial charge in [-0.1, -0.05) is 0 Å². The van der Waals surface area contributed by atoms with Gasteiger partial charge < -0.3 is 9.80 Å². The van der Waals surface area contributed by atoms with E-state index in [1.807, 2.05) is 29.3 Å². The summed E-state index contributed by atoms with van der Waals surface area (Å²) in [6.07, 6.45) is 3.71. The molecule has 1 unspecified atom stereocenters. The fraction of sp³-hybridized carbons (Fsp3) is 0.667. The van der Waals surface area contributed by atoms with E-state index in [1.54, 1.807) is 11.3 Å². The Bertz CT molecular complexity index is 446. The van der Waals surface area contributed by atoms with E-state index in [0.717, 1.165) is 30.3 Å². The Kier molecular flexibility index (Phi) is 5.43. The number of anilines is 1. The average molecular weight is 326 g/mol. The van der Waals surface area contributed by atoms with Crippen LogP contribution in [0, 0.1) is 0 Å². The van der Waals surface area contributed by atoms with Crippen LogP contribution in [-0.2, 0) is 0 Å². The summed E-state index contributed by atoms with van der Waals surface area (Å²) >= 11 is 3.57. The number of hydrogen-bond acceptors (Lipinski definition) is 4. The van der Waals surface area contributed by atoms with Gasteiger partial charge in [-0.15, -0.1) is 11.3 Å². The van der Waals surface area contributed by atoms with Gasteiger partial charge in [-0.25, -0.2) is 4.79 Å². The minimum absolute atomic E-state index is 0.0733. The van der Waals surface area contributed by atoms with Crippen LogP contribution < -0.4 is 5.32 Å². The molecule has 1 atom stereocenters. The van der Waals surface area contributed by atoms with E-state index in [4.69, 9.17) is 0 Å². The molecule has 3 heterocycles. The second kappa shape index (κ2) is 7.51. The highest BCUT2D eigenvalue weighted by Gasteiger charge is 2.28. The summed E-state index contributed by atoms with van der Waals surface area (Å²) in [7, 11) is 0. The van der Waals surface area contributed by atoms with Gasteiger partial charge in [0.1, 0.15) is 0 Å². The van der Waals surface area contributed by atoms with E-state index in [9.17, 15) is 4.79 Å². The fourth-order valence-corrected chi connectivity index (χ4v) is 4.70. The maximum absolute atomic E-state index is 12.6. The van der Waals surface area contributed by atoms with Gasteiger partial charge in [0, 0.05) is 18.8 Å². The number of thiophene rings is 1. The molecule has 3 rings (SSSR count). The lowest BCUT2D eigenvalue weighted by Gasteiger charge is -2.32. The summed E-state index contributed by atoms with van der Waals surface area (Å²) < 4.78 is 0. The van der Waals surface area contributed by atoms with Gasteiger partial charge in [-0.3, -0.25) is 5.32 Å². The molecule has 0 bridgehead atoms. The summed E-state index contributed by atoms with van der Waals surface area (Å²) in [6.45, 7) is 4.30. The van der Waals surface area contributed by atoms with E-state index in [-0.39, 0.29) is 6.03 Å². The lowest BCUT2D eigenvalue weighted by atomic mass is 10.2. The number of amides is 2. The molecule has 1 aromatic rings. The van der Waals surface area contributed by atoms with E-state index in [2.05, 4.69) is 15.1 Å². The number of nitrogens with one attached hydrogen (secondary N) is 1. The van der Waals surface area contributed by atoms with Gasteiger partial charge in [0.05, 0.1) is 11.0 Å². The monoisotopic (exact) mass is 325 g/mol. The minimum atomic E-state index is 0.0733. The number of nitrogens with zero attached hydrogens (tertiary/aromatic N) is 2. The Morgan fingerprint density at radius 2 is 2.14 bits per heavy atom. The number of urea groups is 1. The number of likely N-dealkylation sites (tertiary alicyclic amines) is 1. The standard InChI is InChI=1S/C15H23N3OS2/c19-15(16-14-5-3-10-21-14)18-8-4-9-20-12-13(18)11-17-6-1-2-7-17/h3,5,10,13H,1-2,4,6-9,11-12H2,(H,16,19). The SMILES string of the molecule is O=C(Nc1cccs1)N1CCCSCC1CN1CCCC1. The fourth-order valence-electron chi connectivity index (χ4n) is 3.04. The van der Waals surface area contributed by atoms with Crippen LogP contribution in [0.3, 0.4) is 0 Å². The first-order chi connectivity index (χ1) is 10.3. The predicted molar refractivity (Wildman–Crippen MR) is 91.4 cm³/mol. The maximum atomic E-state index is 12.6. The van der Waals surface area contributed by atoms with E-state index in [0.29, 0.717) is 6.04 Å². The molecule has 0 radical (unpaired) electrons. The van der Waals surface area contributed by atoms with Crippen molar-refractivity contribution in [3.63, 3.8) is 0 Å². The molecule has 2 saturated heterocycles. The number of thioether (sulfide) groups is 1. The normalized spacial score (nSPS) is 24.0. The first kappa shape index (κ1) is 15.2. The third-order valence-electron chi connectivity index (χ3n) is 4.12. The highest BCUT2D eigenvalue weighted by atomic mass is 32.2. The lowest BCUT2D eigenvalue weighted by Crippen LogP contribution is -2.49. The minimum Gasteiger partial charge on any atom is -0.319 e. The number of carbonyl (C=O) groups is 1. The molecule has 0 saturated carbocycles. The molecule has 2 fully saturated rings. The highest BCUT2D eigenvalue weighted by molar-refractivity contribution is 7.99. The molecule has 1 aromatic heterocycles. The van der Waals surface area contributed by atoms with E-state index >= 15 is 0 Å². The van der Waals surface area contributed by atoms with Crippen molar-refractivity contribution < 1.29 is 4.79 Å². The Balaban J connectivity index is 1.64. The van der Waals surface area contributed by atoms with E-state index < -0.39 is 0 Å². The zero-order chi connectivity index (χ0) is 14.5. The summed E-state index contributed by atoms with van der Waals surface area (Å²) in [5.74, 6) is 2.23. The van der Waals surface area contributed by atoms with Crippen molar-refractivity contribution in [2.75, 3.05) is 43.0 Å². The molecular formula is C15H23N3OS2. The first-order valence-corrected chi connectivity index (χ1v) is 9.77. The zero-order valence-corrected chi connectivity index (χ0v) is 13.9. The van der Waals surface area contributed by atoms with Crippen molar-refractivity contribution in [3.05, 3.63) is 17.5 Å². The van der Waals surface area contributed by atoms with Gasteiger partial charge in [-0.05, 0) is 55.6 Å². The summed E-state index contributed by atoms with van der Waals surface area (Å²) in [6, 6.07) is 4.35. The topological polar surface area (TPSA) is 35.6 Å². The van der Waals surface area contributed by atoms with E-state index in [1.165, 1.54) is 31.7 Å². The Labute approximate surface area is 134 Å². The predicted octanol–water partition coefficient (Wildman–Crippen LogP) is 3.18. The van der Waals surface area contributed by atoms with Crippen molar-refractivity contribution in [3.8, 4) is 0 Å². The second-order valence-corrected chi connectivity index (χ2v) is 7.79. The highest BCUT2D eigenvalue weighted by Crippen LogP contribution is 2.21. The third-order valence-corrected chi connectivity index (χ3v) is 6.10. The zero-order valence-electron chi connectivity index (χ0n) is 12.3. The van der Waals surface area contributed by atoms with Crippen molar-refractivity contribution in [1.29, 1.82) is 0 Å². The molecule has 1 N–H and O–H groups in total. The van der Waals surface area contributed by atoms with Crippen LogP contribution in [-0.4, -0.2) is 59.6 Å². The first-order valence-electron chi connectivity index (χ1n) is 7.74. The molecule has 2 amide bonds. The maximum Gasteiger partial charge on any atom is 0.322 e. The van der Waals surface area contributed by atoms with Gasteiger partial charge in [0.15, 0.2) is 0 Å². The van der Waals surface area contributed by atoms with Gasteiger partial charge in [-0.2, -0.15) is 11.8 Å². The van der Waals surface area contributed by atoms with Crippen LogP contribution in [0.1, 0.15) is 19.3 Å². The van der Waals surface area contributed by atoms with Gasteiger partial charge in [0.2, 0.25) is 0 Å². The summed E-state index contributed by atoms with van der Waals surface area (Å²) in [4.78, 5) is 17.2. The van der Waals surface area contributed by atoms with Gasteiger partial charge in [0.25, 0.3) is 0 Å². The van der Waals surface area contributed by atoms with Crippen LogP contribution in [0.25, 0.3) is 0 Å². The molecule has 21 heavy (non-hydrogen) atoms. The van der Waals surface area contributed by atoms with Crippen LogP contribution in [0.4, 0.5) is 9.80 Å². The molecule has 2 aliphatic heterocycles. The molecule has 2 aliphatic rings. The third kappa shape index (κ3) is 4.14. The summed E-state index contributed by atoms with van der Waals surface area (Å²) in [5, 5.41) is 5.99. The molecule has 0 aliphatic carbocycles. The molecule has 0 aromatic carbocycles. The Hall–Kier alpha value is -0.720.